The lowest BCUT2D eigenvalue weighted by Crippen LogP contribution is -2.64. The lowest BCUT2D eigenvalue weighted by Gasteiger charge is -2.61. The van der Waals surface area contributed by atoms with E-state index in [1.165, 1.54) is 19.3 Å². The number of halogens is 1. The molecule has 2 fully saturated rings. The van der Waals surface area contributed by atoms with Crippen LogP contribution in [-0.2, 0) is 4.74 Å². The Labute approximate surface area is 124 Å². The van der Waals surface area contributed by atoms with Crippen molar-refractivity contribution in [3.8, 4) is 6.07 Å². The fourth-order valence-corrected chi connectivity index (χ4v) is 3.73. The van der Waals surface area contributed by atoms with Gasteiger partial charge < -0.3 is 10.1 Å². The highest BCUT2D eigenvalue weighted by Gasteiger charge is 2.58. The number of rotatable bonds is 4. The van der Waals surface area contributed by atoms with Gasteiger partial charge in [-0.3, -0.25) is 0 Å². The molecule has 2 aliphatic carbocycles. The van der Waals surface area contributed by atoms with Crippen molar-refractivity contribution >= 4 is 17.3 Å². The number of benzene rings is 1. The van der Waals surface area contributed by atoms with Gasteiger partial charge in [-0.05, 0) is 44.4 Å². The van der Waals surface area contributed by atoms with E-state index in [1.807, 2.05) is 6.07 Å². The Morgan fingerprint density at radius 2 is 2.30 bits per heavy atom. The van der Waals surface area contributed by atoms with Crippen LogP contribution in [0.2, 0.25) is 5.02 Å². The zero-order valence-electron chi connectivity index (χ0n) is 11.7. The van der Waals surface area contributed by atoms with Crippen LogP contribution < -0.4 is 5.32 Å². The van der Waals surface area contributed by atoms with Crippen LogP contribution in [0.3, 0.4) is 0 Å². The van der Waals surface area contributed by atoms with E-state index in [1.54, 1.807) is 12.1 Å². The largest absolute Gasteiger partial charge is 0.380 e. The fraction of sp³-hybridized carbons (Fsp3) is 0.562. The number of ether oxygens (including phenoxy) is 1. The Morgan fingerprint density at radius 3 is 2.90 bits per heavy atom. The van der Waals surface area contributed by atoms with Crippen LogP contribution in [0.15, 0.2) is 18.2 Å². The lowest BCUT2D eigenvalue weighted by atomic mass is 9.51. The van der Waals surface area contributed by atoms with E-state index >= 15 is 0 Å². The van der Waals surface area contributed by atoms with Crippen molar-refractivity contribution in [3.05, 3.63) is 28.8 Å². The Morgan fingerprint density at radius 1 is 1.50 bits per heavy atom. The summed E-state index contributed by atoms with van der Waals surface area (Å²) in [5.74, 6) is 0. The number of nitrogens with zero attached hydrogens (tertiary/aromatic N) is 1. The van der Waals surface area contributed by atoms with Crippen molar-refractivity contribution in [2.45, 2.75) is 44.8 Å². The molecule has 2 aliphatic rings. The average Bonchev–Trinajstić information content (AvgIpc) is 2.35. The summed E-state index contributed by atoms with van der Waals surface area (Å²) < 4.78 is 5.85. The van der Waals surface area contributed by atoms with Gasteiger partial charge in [0.25, 0.3) is 0 Å². The fourth-order valence-electron chi connectivity index (χ4n) is 3.56. The van der Waals surface area contributed by atoms with Crippen LogP contribution >= 0.6 is 11.6 Å². The quantitative estimate of drug-likeness (QED) is 0.912. The number of hydrogen-bond donors (Lipinski definition) is 1. The monoisotopic (exact) mass is 290 g/mol. The predicted molar refractivity (Wildman–Crippen MR) is 79.9 cm³/mol. The molecule has 1 spiro atoms. The number of nitrogens with one attached hydrogen (secondary N) is 1. The van der Waals surface area contributed by atoms with Crippen molar-refractivity contribution in [2.75, 3.05) is 11.9 Å². The third kappa shape index (κ3) is 2.08. The number of anilines is 1. The molecule has 4 heteroatoms. The first kappa shape index (κ1) is 13.7. The highest BCUT2D eigenvalue weighted by atomic mass is 35.5. The van der Waals surface area contributed by atoms with Gasteiger partial charge in [0.05, 0.1) is 17.4 Å². The summed E-state index contributed by atoms with van der Waals surface area (Å²) in [5.41, 5.74) is 1.79. The molecule has 3 rings (SSSR count). The minimum absolute atomic E-state index is 0.283. The first-order valence-corrected chi connectivity index (χ1v) is 7.65. The zero-order chi connectivity index (χ0) is 14.2. The minimum Gasteiger partial charge on any atom is -0.380 e. The molecular weight excluding hydrogens is 272 g/mol. The summed E-state index contributed by atoms with van der Waals surface area (Å²) in [7, 11) is 0. The highest BCUT2D eigenvalue weighted by molar-refractivity contribution is 6.30. The normalized spacial score (nSPS) is 26.4. The Bertz CT molecular complexity index is 548. The molecule has 0 aromatic heterocycles. The second-order valence-corrected chi connectivity index (χ2v) is 6.20. The van der Waals surface area contributed by atoms with Gasteiger partial charge in [-0.2, -0.15) is 5.26 Å². The number of hydrogen-bond acceptors (Lipinski definition) is 3. The van der Waals surface area contributed by atoms with Gasteiger partial charge in [-0.1, -0.05) is 18.0 Å². The molecule has 2 saturated carbocycles. The topological polar surface area (TPSA) is 45.0 Å². The maximum Gasteiger partial charge on any atom is 0.101 e. The molecule has 106 valence electrons. The van der Waals surface area contributed by atoms with E-state index in [-0.39, 0.29) is 5.41 Å². The zero-order valence-corrected chi connectivity index (χ0v) is 12.4. The first-order valence-electron chi connectivity index (χ1n) is 7.27. The number of nitriles is 1. The van der Waals surface area contributed by atoms with Crippen molar-refractivity contribution in [3.63, 3.8) is 0 Å². The second-order valence-electron chi connectivity index (χ2n) is 5.77. The van der Waals surface area contributed by atoms with E-state index in [9.17, 15) is 5.26 Å². The molecule has 0 bridgehead atoms. The predicted octanol–water partition coefficient (Wildman–Crippen LogP) is 3.97. The van der Waals surface area contributed by atoms with Crippen LogP contribution in [-0.4, -0.2) is 18.8 Å². The molecule has 0 amide bonds. The molecule has 3 nitrogen and oxygen atoms in total. The summed E-state index contributed by atoms with van der Waals surface area (Å²) >= 11 is 6.04. The molecule has 0 radical (unpaired) electrons. The molecule has 1 aromatic rings. The van der Waals surface area contributed by atoms with E-state index < -0.39 is 0 Å². The molecule has 2 unspecified atom stereocenters. The minimum atomic E-state index is 0.283. The van der Waals surface area contributed by atoms with Crippen LogP contribution in [0.4, 0.5) is 5.69 Å². The molecule has 2 atom stereocenters. The summed E-state index contributed by atoms with van der Waals surface area (Å²) in [5, 5.41) is 13.4. The van der Waals surface area contributed by atoms with Crippen molar-refractivity contribution in [1.82, 2.24) is 0 Å². The Balaban J connectivity index is 1.76. The first-order chi connectivity index (χ1) is 9.69. The van der Waals surface area contributed by atoms with Crippen LogP contribution in [0.25, 0.3) is 0 Å². The van der Waals surface area contributed by atoms with E-state index in [0.29, 0.717) is 22.7 Å². The average molecular weight is 291 g/mol. The molecule has 0 heterocycles. The lowest BCUT2D eigenvalue weighted by molar-refractivity contribution is -0.157. The summed E-state index contributed by atoms with van der Waals surface area (Å²) in [6, 6.07) is 8.01. The van der Waals surface area contributed by atoms with Crippen molar-refractivity contribution < 1.29 is 4.74 Å². The van der Waals surface area contributed by atoms with Gasteiger partial charge in [-0.25, -0.2) is 0 Å². The van der Waals surface area contributed by atoms with Crippen molar-refractivity contribution in [1.29, 1.82) is 5.26 Å². The van der Waals surface area contributed by atoms with E-state index in [4.69, 9.17) is 16.3 Å². The standard InChI is InChI=1S/C16H19ClN2O/c1-2-20-15-9-14(16(15)6-3-7-16)19-13-8-12(17)5-4-11(13)10-18/h4-5,8,14-15,19H,2-3,6-7,9H2,1H3. The van der Waals surface area contributed by atoms with Crippen LogP contribution in [0.5, 0.6) is 0 Å². The van der Waals surface area contributed by atoms with Gasteiger partial charge in [-0.15, -0.1) is 0 Å². The molecular formula is C16H19ClN2O. The van der Waals surface area contributed by atoms with Gasteiger partial charge in [0.2, 0.25) is 0 Å². The van der Waals surface area contributed by atoms with Gasteiger partial charge in [0, 0.05) is 23.1 Å². The van der Waals surface area contributed by atoms with E-state index in [2.05, 4.69) is 18.3 Å². The molecule has 0 aliphatic heterocycles. The van der Waals surface area contributed by atoms with Gasteiger partial charge in [0.1, 0.15) is 6.07 Å². The van der Waals surface area contributed by atoms with Crippen LogP contribution in [0.1, 0.15) is 38.2 Å². The third-order valence-corrected chi connectivity index (χ3v) is 5.10. The Kier molecular flexibility index (Phi) is 3.62. The SMILES string of the molecule is CCOC1CC(Nc2cc(Cl)ccc2C#N)C12CCC2. The summed E-state index contributed by atoms with van der Waals surface area (Å²) in [6.45, 7) is 2.83. The second kappa shape index (κ2) is 5.27. The highest BCUT2D eigenvalue weighted by Crippen LogP contribution is 2.58. The van der Waals surface area contributed by atoms with Gasteiger partial charge in [0.15, 0.2) is 0 Å². The van der Waals surface area contributed by atoms with Crippen LogP contribution in [0, 0.1) is 16.7 Å². The molecule has 1 N–H and O–H groups in total. The Hall–Kier alpha value is -1.24. The third-order valence-electron chi connectivity index (χ3n) is 4.87. The summed E-state index contributed by atoms with van der Waals surface area (Å²) in [6.07, 6.45) is 5.12. The summed E-state index contributed by atoms with van der Waals surface area (Å²) in [4.78, 5) is 0. The molecule has 20 heavy (non-hydrogen) atoms. The van der Waals surface area contributed by atoms with Crippen molar-refractivity contribution in [2.24, 2.45) is 5.41 Å². The maximum atomic E-state index is 9.19. The van der Waals surface area contributed by atoms with E-state index in [0.717, 1.165) is 18.7 Å². The maximum absolute atomic E-state index is 9.19. The molecule has 1 aromatic carbocycles. The van der Waals surface area contributed by atoms with Gasteiger partial charge >= 0.3 is 0 Å². The molecule has 0 saturated heterocycles. The smallest absolute Gasteiger partial charge is 0.101 e.